The summed E-state index contributed by atoms with van der Waals surface area (Å²) in [5.74, 6) is -13.2. The number of hydrogen-bond acceptors (Lipinski definition) is 48. The molecule has 0 saturated carbocycles. The van der Waals surface area contributed by atoms with Crippen molar-refractivity contribution in [2.45, 2.75) is 83.1 Å². The van der Waals surface area contributed by atoms with Crippen LogP contribution in [0.5, 0.6) is 11.5 Å². The van der Waals surface area contributed by atoms with Crippen molar-refractivity contribution in [3.8, 4) is 11.5 Å². The van der Waals surface area contributed by atoms with Crippen molar-refractivity contribution < 1.29 is 213 Å². The van der Waals surface area contributed by atoms with Crippen LogP contribution < -0.4 is 5.73 Å². The first-order chi connectivity index (χ1) is 68.9. The van der Waals surface area contributed by atoms with Gasteiger partial charge < -0.3 is 99.6 Å². The van der Waals surface area contributed by atoms with Gasteiger partial charge in [0.1, 0.15) is 82.1 Å². The second-order valence-corrected chi connectivity index (χ2v) is 44.9. The van der Waals surface area contributed by atoms with E-state index in [1.165, 1.54) is 36.4 Å². The molecule has 0 spiro atoms. The molecule has 9 aromatic carbocycles. The predicted octanol–water partition coefficient (Wildman–Crippen LogP) is 6.19. The summed E-state index contributed by atoms with van der Waals surface area (Å²) in [6.07, 6.45) is 0. The Bertz CT molecular complexity index is 7050. The Morgan fingerprint density at radius 2 is 0.473 bits per heavy atom. The largest absolute Gasteiger partial charge is 0.748 e. The van der Waals surface area contributed by atoms with Crippen LogP contribution in [0.1, 0.15) is 160 Å². The average molecular weight is 2280 g/mol. The van der Waals surface area contributed by atoms with Crippen LogP contribution in [0.2, 0.25) is 0 Å². The van der Waals surface area contributed by atoms with E-state index in [0.717, 1.165) is 66.8 Å². The van der Waals surface area contributed by atoms with Gasteiger partial charge in [-0.2, -0.15) is 0 Å². The van der Waals surface area contributed by atoms with Gasteiger partial charge >= 0.3 is 53.7 Å². The van der Waals surface area contributed by atoms with Crippen LogP contribution in [-0.4, -0.2) is 292 Å². The summed E-state index contributed by atoms with van der Waals surface area (Å²) >= 11 is 0. The smallest absolute Gasteiger partial charge is 0.341 e. The second kappa shape index (κ2) is 63.7. The van der Waals surface area contributed by atoms with E-state index in [2.05, 4.69) is 33.2 Å². The molecule has 0 saturated heterocycles. The molecule has 4 N–H and O–H groups in total. The van der Waals surface area contributed by atoms with Gasteiger partial charge in [-0.25, -0.2) is 119 Å². The molecule has 48 nitrogen and oxygen atoms in total. The van der Waals surface area contributed by atoms with Crippen LogP contribution in [0.3, 0.4) is 0 Å². The highest BCUT2D eigenvalue weighted by Gasteiger charge is 2.20. The summed E-state index contributed by atoms with van der Waals surface area (Å²) < 4.78 is 319. The van der Waals surface area contributed by atoms with Crippen LogP contribution in [0, 0.1) is 83.1 Å². The maximum Gasteiger partial charge on any atom is 0.341 e. The molecule has 0 amide bonds. The van der Waals surface area contributed by atoms with Gasteiger partial charge in [-0.05, 0) is 220 Å². The Balaban J connectivity index is 0.000000844. The third kappa shape index (κ3) is 64.3. The van der Waals surface area contributed by atoms with Gasteiger partial charge in [0.25, 0.3) is 0 Å². The number of phenols is 2. The Morgan fingerprint density at radius 3 is 0.833 bits per heavy atom. The quantitative estimate of drug-likeness (QED) is 0.0170. The third-order valence-corrected chi connectivity index (χ3v) is 24.1. The fourth-order valence-electron chi connectivity index (χ4n) is 10.5. The monoisotopic (exact) mass is 2280 g/mol. The van der Waals surface area contributed by atoms with Crippen molar-refractivity contribution in [1.29, 1.82) is 0 Å². The number of ether oxygens (including phenoxy) is 9. The van der Waals surface area contributed by atoms with E-state index in [4.69, 9.17) is 15.2 Å². The maximum absolute atomic E-state index is 11.6. The number of hydrogen-bond donors (Lipinski definition) is 3. The topological polar surface area (TPSA) is 818 Å². The highest BCUT2D eigenvalue weighted by Crippen LogP contribution is 2.23. The molecule has 57 heteroatoms. The average Bonchev–Trinajstić information content (AvgIpc) is 0.869. The molecule has 9 rings (SSSR count). The first kappa shape index (κ1) is 135. The van der Waals surface area contributed by atoms with Crippen LogP contribution in [0.4, 0.5) is 5.69 Å². The number of aryl methyl sites for hydroxylation is 12. The highest BCUT2D eigenvalue weighted by atomic mass is 32.3. The van der Waals surface area contributed by atoms with E-state index < -0.39 is 256 Å². The molecule has 0 aromatic heterocycles. The summed E-state index contributed by atoms with van der Waals surface area (Å²) in [4.78, 5) is 103. The van der Waals surface area contributed by atoms with E-state index in [1.807, 2.05) is 66.7 Å². The molecule has 828 valence electrons. The number of carbonyl (C=O) groups is 9. The van der Waals surface area contributed by atoms with Gasteiger partial charge in [0.2, 0.25) is 0 Å². The van der Waals surface area contributed by atoms with Gasteiger partial charge in [-0.3, -0.25) is 0 Å². The summed E-state index contributed by atoms with van der Waals surface area (Å²) in [7, 11) is -39.2. The van der Waals surface area contributed by atoms with Crippen molar-refractivity contribution in [2.24, 2.45) is 0 Å². The zero-order valence-corrected chi connectivity index (χ0v) is 89.4. The normalized spacial score (nSPS) is 11.2. The molecule has 0 aliphatic rings. The molecule has 0 bridgehead atoms. The summed E-state index contributed by atoms with van der Waals surface area (Å²) in [5, 5.41) is 18.8. The number of aromatic hydroxyl groups is 2. The Hall–Kier alpha value is -13.2. The molecule has 9 aromatic rings. The van der Waals surface area contributed by atoms with Crippen molar-refractivity contribution in [2.75, 3.05) is 117 Å². The van der Waals surface area contributed by atoms with Crippen LogP contribution in [-0.2, 0) is 134 Å². The van der Waals surface area contributed by atoms with E-state index in [-0.39, 0.29) is 28.2 Å². The first-order valence-corrected chi connectivity index (χ1v) is 56.9. The number of nitrogens with two attached hydrogens (primary N) is 1. The lowest BCUT2D eigenvalue weighted by atomic mass is 10.1. The van der Waals surface area contributed by atoms with Crippen LogP contribution in [0.15, 0.2) is 182 Å². The minimum absolute atomic E-state index is 0.0618. The van der Waals surface area contributed by atoms with Crippen LogP contribution in [0.25, 0.3) is 0 Å². The summed E-state index contributed by atoms with van der Waals surface area (Å²) in [6, 6.07) is 48.8. The standard InChI is InChI=1S/3C11H14O5S.C10H13NO5S.2C10H12O6S.3C10H12O5S/c1-8-5-9(2)7-10(6-8)11(12)16-3-4-17(13,14)15;1-8-3-4-10(7-9(8)2)11(12)16-5-6-17(13,14)15;1-8-3-4-9(2)10(7-8)11(12)16-5-6-17(13,14)15;1-7-6-8(2-3-9(7)11)10(12)16-4-5-17(13,14)15;1-7-2-3-9(11)8(6-7)10(12)16-4-5-17(13,14)15;1-7-2-3-8(9(11)6-7)10(12)16-4-5-17(13,14)15;1-8-2-4-9(5-3-8)10(11)15-6-7-16(12,13)14;1-8-3-2-4-9(7-8)10(11)15-5-6-16(12,13)14;1-8-4-2-3-5-9(8)10(11)15-6-7-16(12,13)14/h5-7H,3-4H2,1-2H3,(H,13,14,15);2*3-4,7H,5-6H2,1-2H3,(H,13,14,15);2-3,6H,4-5,11H2,1H3,(H,13,14,15);2*2-3,6,11H,4-5H2,1H3,(H,13,14,15);2-5H,6-7H2,1H3,(H,12,13,14);2-4,7H,5-6H2,1H3,(H,12,13,14);2-5H,6-7H2,1H3,(H,12,13,14)/p-9. The van der Waals surface area contributed by atoms with E-state index in [1.54, 1.807) is 162 Å². The van der Waals surface area contributed by atoms with Crippen molar-refractivity contribution in [3.05, 3.63) is 299 Å². The molecular formula is C93H106NO47S9-9. The minimum atomic E-state index is -4.41. The Kier molecular flexibility index (Phi) is 57.3. The molecule has 0 aliphatic heterocycles. The summed E-state index contributed by atoms with van der Waals surface area (Å²) in [5.41, 5.74) is 18.7. The summed E-state index contributed by atoms with van der Waals surface area (Å²) in [6.45, 7) is 17.6. The fraction of sp³-hybridized carbons (Fsp3) is 0.323. The number of rotatable bonds is 36. The molecule has 0 atom stereocenters. The molecule has 0 heterocycles. The Labute approximate surface area is 867 Å². The third-order valence-electron chi connectivity index (χ3n) is 18.1. The maximum atomic E-state index is 11.6. The minimum Gasteiger partial charge on any atom is -0.748 e. The molecule has 0 aliphatic carbocycles. The molecule has 0 radical (unpaired) electrons. The Morgan fingerprint density at radius 1 is 0.207 bits per heavy atom. The number of carbonyl (C=O) groups excluding carboxylic acids is 9. The lowest BCUT2D eigenvalue weighted by molar-refractivity contribution is 0.0514. The molecule has 150 heavy (non-hydrogen) atoms. The zero-order valence-electron chi connectivity index (χ0n) is 82.1. The lowest BCUT2D eigenvalue weighted by Gasteiger charge is -2.09. The molecule has 0 unspecified atom stereocenters. The van der Waals surface area contributed by atoms with Crippen molar-refractivity contribution in [3.63, 3.8) is 0 Å². The number of benzene rings is 9. The predicted molar refractivity (Wildman–Crippen MR) is 526 cm³/mol. The van der Waals surface area contributed by atoms with E-state index in [9.17, 15) is 170 Å². The van der Waals surface area contributed by atoms with Gasteiger partial charge in [0.15, 0.2) is 0 Å². The fourth-order valence-corrected chi connectivity index (χ4v) is 13.1. The van der Waals surface area contributed by atoms with Gasteiger partial charge in [-0.1, -0.05) is 112 Å². The first-order valence-electron chi connectivity index (χ1n) is 42.7. The van der Waals surface area contributed by atoms with Gasteiger partial charge in [0, 0.05) is 5.69 Å². The van der Waals surface area contributed by atoms with Crippen LogP contribution >= 0.6 is 0 Å². The SMILES string of the molecule is Cc1cc(C(=O)OCCS(=O)(=O)[O-])ccc1N.Cc1cc(C)cc(C(=O)OCCS(=O)(=O)[O-])c1.Cc1ccc(C(=O)OCCS(=O)(=O)[O-])c(O)c1.Cc1ccc(C(=O)OCCS(=O)(=O)[O-])cc1.Cc1ccc(C(=O)OCCS(=O)(=O)[O-])cc1C.Cc1ccc(C)c(C(=O)OCCS(=O)(=O)[O-])c1.Cc1ccc(O)c(C(=O)OCCS(=O)(=O)[O-])c1.Cc1cccc(C(=O)OCCS(=O)(=O)[O-])c1.Cc1ccccc1C(=O)OCCS(=O)(=O)[O-]. The molecular weight excluding hydrogens is 2170 g/mol. The van der Waals surface area contributed by atoms with Gasteiger partial charge in [-0.15, -0.1) is 0 Å². The number of anilines is 1. The van der Waals surface area contributed by atoms with Crippen molar-refractivity contribution >= 4 is 150 Å². The highest BCUT2D eigenvalue weighted by molar-refractivity contribution is 7.87. The van der Waals surface area contributed by atoms with E-state index >= 15 is 0 Å². The van der Waals surface area contributed by atoms with Gasteiger partial charge in [0.05, 0.1) is 182 Å². The number of esters is 9. The van der Waals surface area contributed by atoms with E-state index in [0.29, 0.717) is 39.1 Å². The van der Waals surface area contributed by atoms with Crippen molar-refractivity contribution in [1.82, 2.24) is 0 Å². The second-order valence-electron chi connectivity index (χ2n) is 31.2. The number of phenolic OH excluding ortho intramolecular Hbond substituents is 2. The molecule has 0 fully saturated rings. The zero-order chi connectivity index (χ0) is 115. The number of nitrogen functional groups attached to an aromatic ring is 1. The lowest BCUT2D eigenvalue weighted by Crippen LogP contribution is -2.15.